The van der Waals surface area contributed by atoms with Crippen LogP contribution in [0.1, 0.15) is 16.7 Å². The van der Waals surface area contributed by atoms with E-state index in [0.29, 0.717) is 26.1 Å². The highest BCUT2D eigenvalue weighted by Gasteiger charge is 2.33. The third kappa shape index (κ3) is 4.89. The van der Waals surface area contributed by atoms with Crippen molar-refractivity contribution >= 4 is 61.9 Å². The second kappa shape index (κ2) is 9.34. The Balaban J connectivity index is 1.61. The summed E-state index contributed by atoms with van der Waals surface area (Å²) >= 11 is 10.2. The van der Waals surface area contributed by atoms with Crippen molar-refractivity contribution in [2.24, 2.45) is 0 Å². The molecule has 0 aliphatic carbocycles. The minimum Gasteiger partial charge on any atom is -0.488 e. The Morgan fingerprint density at radius 1 is 1.13 bits per heavy atom. The number of thiocarbonyl (C=S) groups is 1. The molecule has 1 amide bonds. The topological polar surface area (TPSA) is 29.5 Å². The summed E-state index contributed by atoms with van der Waals surface area (Å²) in [5.41, 5.74) is 3.01. The van der Waals surface area contributed by atoms with Crippen molar-refractivity contribution in [2.45, 2.75) is 13.5 Å². The molecule has 3 aromatic carbocycles. The summed E-state index contributed by atoms with van der Waals surface area (Å²) in [5.74, 6) is 0.0473. The Bertz CT molecular complexity index is 1190. The molecular weight excluding hydrogens is 497 g/mol. The van der Waals surface area contributed by atoms with Crippen LogP contribution < -0.4 is 9.64 Å². The zero-order chi connectivity index (χ0) is 22.0. The predicted molar refractivity (Wildman–Crippen MR) is 132 cm³/mol. The fraction of sp³-hybridized carbons (Fsp3) is 0.0833. The summed E-state index contributed by atoms with van der Waals surface area (Å²) in [6, 6.07) is 19.6. The van der Waals surface area contributed by atoms with E-state index >= 15 is 0 Å². The standard InChI is InChI=1S/C24H17BrFNO2S2/c1-15-6-9-19(10-7-15)27-23(28)22(31-24(27)30)13-17-12-18(25)8-11-21(17)29-14-16-4-2-3-5-20(16)26/h2-13H,14H2,1H3/b22-13+. The van der Waals surface area contributed by atoms with E-state index in [9.17, 15) is 9.18 Å². The maximum atomic E-state index is 13.9. The van der Waals surface area contributed by atoms with Gasteiger partial charge in [-0.2, -0.15) is 0 Å². The van der Waals surface area contributed by atoms with Crippen LogP contribution in [0.3, 0.4) is 0 Å². The van der Waals surface area contributed by atoms with Crippen LogP contribution in [-0.4, -0.2) is 10.2 Å². The quantitative estimate of drug-likeness (QED) is 0.274. The highest BCUT2D eigenvalue weighted by molar-refractivity contribution is 9.10. The van der Waals surface area contributed by atoms with Crippen LogP contribution in [0.15, 0.2) is 76.1 Å². The van der Waals surface area contributed by atoms with Crippen molar-refractivity contribution in [2.75, 3.05) is 4.90 Å². The number of hydrogen-bond acceptors (Lipinski definition) is 4. The highest BCUT2D eigenvalue weighted by Crippen LogP contribution is 2.37. The van der Waals surface area contributed by atoms with Crippen LogP contribution in [0.4, 0.5) is 10.1 Å². The molecule has 1 aliphatic heterocycles. The molecular formula is C24H17BrFNO2S2. The zero-order valence-electron chi connectivity index (χ0n) is 16.5. The minimum atomic E-state index is -0.319. The van der Waals surface area contributed by atoms with E-state index in [4.69, 9.17) is 17.0 Å². The number of carbonyl (C=O) groups excluding carboxylic acids is 1. The van der Waals surface area contributed by atoms with Gasteiger partial charge in [-0.15, -0.1) is 0 Å². The lowest BCUT2D eigenvalue weighted by atomic mass is 10.1. The Hall–Kier alpha value is -2.48. The van der Waals surface area contributed by atoms with E-state index in [-0.39, 0.29) is 18.3 Å². The molecule has 156 valence electrons. The van der Waals surface area contributed by atoms with Crippen LogP contribution in [0.25, 0.3) is 6.08 Å². The Labute approximate surface area is 198 Å². The number of benzene rings is 3. The third-order valence-electron chi connectivity index (χ3n) is 4.69. The molecule has 0 aromatic heterocycles. The summed E-state index contributed by atoms with van der Waals surface area (Å²) in [4.78, 5) is 15.1. The van der Waals surface area contributed by atoms with Gasteiger partial charge >= 0.3 is 0 Å². The number of aryl methyl sites for hydroxylation is 1. The SMILES string of the molecule is Cc1ccc(N2C(=O)/C(=C\c3cc(Br)ccc3OCc3ccccc3F)SC2=S)cc1. The molecule has 1 saturated heterocycles. The number of nitrogens with zero attached hydrogens (tertiary/aromatic N) is 1. The fourth-order valence-electron chi connectivity index (χ4n) is 3.06. The second-order valence-electron chi connectivity index (χ2n) is 6.91. The molecule has 0 saturated carbocycles. The number of hydrogen-bond donors (Lipinski definition) is 0. The lowest BCUT2D eigenvalue weighted by Gasteiger charge is -2.14. The summed E-state index contributed by atoms with van der Waals surface area (Å²) in [6.45, 7) is 2.07. The van der Waals surface area contributed by atoms with Crippen LogP contribution in [0, 0.1) is 12.7 Å². The van der Waals surface area contributed by atoms with Crippen molar-refractivity contribution in [3.05, 3.63) is 98.6 Å². The fourth-order valence-corrected chi connectivity index (χ4v) is 4.73. The Morgan fingerprint density at radius 2 is 1.87 bits per heavy atom. The summed E-state index contributed by atoms with van der Waals surface area (Å²) in [7, 11) is 0. The van der Waals surface area contributed by atoms with Crippen molar-refractivity contribution in [1.82, 2.24) is 0 Å². The number of carbonyl (C=O) groups is 1. The van der Waals surface area contributed by atoms with Gasteiger partial charge in [0.05, 0.1) is 10.6 Å². The number of rotatable bonds is 5. The molecule has 7 heteroatoms. The van der Waals surface area contributed by atoms with Gasteiger partial charge in [0.1, 0.15) is 18.2 Å². The van der Waals surface area contributed by atoms with Gasteiger partial charge in [0.2, 0.25) is 0 Å². The van der Waals surface area contributed by atoms with E-state index in [1.165, 1.54) is 22.7 Å². The molecule has 1 aliphatic rings. The van der Waals surface area contributed by atoms with Crippen molar-refractivity contribution in [3.63, 3.8) is 0 Å². The van der Waals surface area contributed by atoms with Crippen LogP contribution in [0.5, 0.6) is 5.75 Å². The average Bonchev–Trinajstić information content (AvgIpc) is 3.02. The highest BCUT2D eigenvalue weighted by atomic mass is 79.9. The zero-order valence-corrected chi connectivity index (χ0v) is 19.7. The van der Waals surface area contributed by atoms with Crippen LogP contribution >= 0.6 is 39.9 Å². The van der Waals surface area contributed by atoms with E-state index in [1.54, 1.807) is 30.3 Å². The van der Waals surface area contributed by atoms with Gasteiger partial charge < -0.3 is 4.74 Å². The smallest absolute Gasteiger partial charge is 0.270 e. The number of amides is 1. The van der Waals surface area contributed by atoms with Crippen molar-refractivity contribution < 1.29 is 13.9 Å². The summed E-state index contributed by atoms with van der Waals surface area (Å²) in [6.07, 6.45) is 1.76. The maximum Gasteiger partial charge on any atom is 0.270 e. The molecule has 0 atom stereocenters. The second-order valence-corrected chi connectivity index (χ2v) is 9.51. The van der Waals surface area contributed by atoms with Crippen LogP contribution in [-0.2, 0) is 11.4 Å². The van der Waals surface area contributed by atoms with Gasteiger partial charge in [0.25, 0.3) is 5.91 Å². The predicted octanol–water partition coefficient (Wildman–Crippen LogP) is 6.88. The minimum absolute atomic E-state index is 0.0828. The van der Waals surface area contributed by atoms with Crippen molar-refractivity contribution in [1.29, 1.82) is 0 Å². The lowest BCUT2D eigenvalue weighted by Crippen LogP contribution is -2.27. The van der Waals surface area contributed by atoms with Crippen molar-refractivity contribution in [3.8, 4) is 5.75 Å². The largest absolute Gasteiger partial charge is 0.488 e. The first-order chi connectivity index (χ1) is 14.9. The molecule has 4 rings (SSSR count). The van der Waals surface area contributed by atoms with Gasteiger partial charge in [-0.3, -0.25) is 9.69 Å². The Kier molecular flexibility index (Phi) is 6.55. The first kappa shape index (κ1) is 21.7. The van der Waals surface area contributed by atoms with E-state index < -0.39 is 0 Å². The van der Waals surface area contributed by atoms with E-state index in [0.717, 1.165) is 15.7 Å². The van der Waals surface area contributed by atoms with E-state index in [1.807, 2.05) is 43.3 Å². The Morgan fingerprint density at radius 3 is 2.61 bits per heavy atom. The first-order valence-electron chi connectivity index (χ1n) is 9.43. The van der Waals surface area contributed by atoms with Gasteiger partial charge in [0, 0.05) is 15.6 Å². The molecule has 31 heavy (non-hydrogen) atoms. The van der Waals surface area contributed by atoms with Gasteiger partial charge in [-0.05, 0) is 49.4 Å². The lowest BCUT2D eigenvalue weighted by molar-refractivity contribution is -0.113. The molecule has 3 nitrogen and oxygen atoms in total. The summed E-state index contributed by atoms with van der Waals surface area (Å²) in [5, 5.41) is 0. The molecule has 0 spiro atoms. The van der Waals surface area contributed by atoms with Gasteiger partial charge in [-0.1, -0.05) is 75.8 Å². The third-order valence-corrected chi connectivity index (χ3v) is 6.48. The molecule has 1 heterocycles. The van der Waals surface area contributed by atoms with Crippen LogP contribution in [0.2, 0.25) is 0 Å². The first-order valence-corrected chi connectivity index (χ1v) is 11.4. The number of anilines is 1. The van der Waals surface area contributed by atoms with E-state index in [2.05, 4.69) is 15.9 Å². The maximum absolute atomic E-state index is 13.9. The molecule has 0 bridgehead atoms. The molecule has 0 radical (unpaired) electrons. The number of halogens is 2. The number of ether oxygens (including phenoxy) is 1. The molecule has 0 unspecified atom stereocenters. The normalized spacial score (nSPS) is 15.1. The van der Waals surface area contributed by atoms with Gasteiger partial charge in [0.15, 0.2) is 4.32 Å². The monoisotopic (exact) mass is 513 g/mol. The molecule has 3 aromatic rings. The molecule has 1 fully saturated rings. The molecule has 0 N–H and O–H groups in total. The van der Waals surface area contributed by atoms with Gasteiger partial charge in [-0.25, -0.2) is 4.39 Å². The summed E-state index contributed by atoms with van der Waals surface area (Å²) < 4.78 is 21.1. The number of thioether (sulfide) groups is 1. The average molecular weight is 514 g/mol.